The number of benzene rings is 1. The van der Waals surface area contributed by atoms with Gasteiger partial charge in [-0.25, -0.2) is 14.5 Å². The second kappa shape index (κ2) is 7.63. The zero-order chi connectivity index (χ0) is 17.7. The van der Waals surface area contributed by atoms with Gasteiger partial charge in [0.05, 0.1) is 6.54 Å². The molecule has 6 nitrogen and oxygen atoms in total. The largest absolute Gasteiger partial charge is 0.404 e. The molecule has 1 spiro atoms. The van der Waals surface area contributed by atoms with Crippen molar-refractivity contribution in [2.24, 2.45) is 0 Å². The number of carbonyl (C=O) groups is 2. The number of hydrogen-bond acceptors (Lipinski definition) is 6. The van der Waals surface area contributed by atoms with E-state index >= 15 is 0 Å². The van der Waals surface area contributed by atoms with Crippen LogP contribution >= 0.6 is 0 Å². The Morgan fingerprint density at radius 1 is 1.08 bits per heavy atom. The molecule has 2 heterocycles. The van der Waals surface area contributed by atoms with Gasteiger partial charge in [-0.3, -0.25) is 4.90 Å². The van der Waals surface area contributed by atoms with Crippen LogP contribution in [0, 0.1) is 0 Å². The molecule has 25 heavy (non-hydrogen) atoms. The van der Waals surface area contributed by atoms with Gasteiger partial charge in [0.2, 0.25) is 0 Å². The summed E-state index contributed by atoms with van der Waals surface area (Å²) in [5.74, 6) is -2.48. The quantitative estimate of drug-likeness (QED) is 0.776. The van der Waals surface area contributed by atoms with Gasteiger partial charge < -0.3 is 9.47 Å². The highest BCUT2D eigenvalue weighted by Crippen LogP contribution is 2.27. The van der Waals surface area contributed by atoms with Crippen molar-refractivity contribution in [3.63, 3.8) is 0 Å². The monoisotopic (exact) mass is 342 g/mol. The lowest BCUT2D eigenvalue weighted by Gasteiger charge is -2.46. The van der Waals surface area contributed by atoms with Crippen LogP contribution in [0.2, 0.25) is 0 Å². The third kappa shape index (κ3) is 4.15. The predicted octanol–water partition coefficient (Wildman–Crippen LogP) is 1.65. The Balaban J connectivity index is 1.71. The lowest BCUT2D eigenvalue weighted by molar-refractivity contribution is -0.298. The molecule has 0 aromatic heterocycles. The number of piperazine rings is 1. The lowest BCUT2D eigenvalue weighted by Crippen LogP contribution is -2.65. The molecule has 3 rings (SSSR count). The van der Waals surface area contributed by atoms with E-state index in [0.29, 0.717) is 26.2 Å². The number of ether oxygens (including phenoxy) is 2. The number of carbonyl (C=O) groups excluding carboxylic acids is 2. The summed E-state index contributed by atoms with van der Waals surface area (Å²) in [6.45, 7) is 5.02. The summed E-state index contributed by atoms with van der Waals surface area (Å²) in [6, 6.07) is 10.0. The van der Waals surface area contributed by atoms with Crippen molar-refractivity contribution in [1.82, 2.24) is 9.80 Å². The van der Waals surface area contributed by atoms with E-state index in [2.05, 4.69) is 11.0 Å². The number of nitrogens with zero attached hydrogens (tertiary/aromatic N) is 2. The molecule has 132 valence electrons. The van der Waals surface area contributed by atoms with Gasteiger partial charge >= 0.3 is 17.8 Å². The number of rotatable bonds is 4. The van der Waals surface area contributed by atoms with Crippen LogP contribution in [-0.4, -0.2) is 60.4 Å². The average molecular weight is 342 g/mol. The summed E-state index contributed by atoms with van der Waals surface area (Å²) in [4.78, 5) is 27.7. The molecule has 1 aromatic rings. The van der Waals surface area contributed by atoms with E-state index in [-0.39, 0.29) is 0 Å². The Morgan fingerprint density at radius 2 is 1.76 bits per heavy atom. The first-order chi connectivity index (χ1) is 12.1. The minimum Gasteiger partial charge on any atom is -0.404 e. The Kier molecular flexibility index (Phi) is 5.31. The van der Waals surface area contributed by atoms with E-state index in [4.69, 9.17) is 9.47 Å². The minimum atomic E-state index is -1.36. The summed E-state index contributed by atoms with van der Waals surface area (Å²) < 4.78 is 11.0. The van der Waals surface area contributed by atoms with Gasteiger partial charge in [-0.1, -0.05) is 49.4 Å². The van der Waals surface area contributed by atoms with Crippen LogP contribution < -0.4 is 0 Å². The average Bonchev–Trinajstić information content (AvgIpc) is 2.74. The molecule has 0 radical (unpaired) electrons. The standard InChI is InChI=1S/C19H22N2O4/c1-2-21-14-13-20(12-6-9-16-7-4-3-5-8-16)15-19(21)24-17(22)10-11-18(23)25-19/h3-11H,2,12-15H2,1H3/b9-6+. The van der Waals surface area contributed by atoms with E-state index in [9.17, 15) is 9.59 Å². The molecular weight excluding hydrogens is 320 g/mol. The van der Waals surface area contributed by atoms with Gasteiger partial charge in [0, 0.05) is 38.3 Å². The van der Waals surface area contributed by atoms with Gasteiger partial charge in [0.15, 0.2) is 0 Å². The maximum absolute atomic E-state index is 11.9. The first-order valence-electron chi connectivity index (χ1n) is 8.44. The van der Waals surface area contributed by atoms with Crippen LogP contribution in [0.1, 0.15) is 12.5 Å². The van der Waals surface area contributed by atoms with Crippen LogP contribution in [0.4, 0.5) is 0 Å². The molecule has 2 aliphatic rings. The molecule has 1 fully saturated rings. The van der Waals surface area contributed by atoms with E-state index in [1.54, 1.807) is 0 Å². The normalized spacial score (nSPS) is 21.3. The fourth-order valence-corrected chi connectivity index (χ4v) is 3.08. The van der Waals surface area contributed by atoms with Crippen molar-refractivity contribution >= 4 is 18.0 Å². The Bertz CT molecular complexity index is 664. The second-order valence-corrected chi connectivity index (χ2v) is 6.02. The molecule has 6 heteroatoms. The van der Waals surface area contributed by atoms with Crippen molar-refractivity contribution in [3.8, 4) is 0 Å². The van der Waals surface area contributed by atoms with E-state index < -0.39 is 17.8 Å². The molecular formula is C19H22N2O4. The van der Waals surface area contributed by atoms with Crippen molar-refractivity contribution < 1.29 is 19.1 Å². The smallest absolute Gasteiger partial charge is 0.335 e. The van der Waals surface area contributed by atoms with Crippen molar-refractivity contribution in [2.45, 2.75) is 12.8 Å². The van der Waals surface area contributed by atoms with Gasteiger partial charge in [-0.2, -0.15) is 0 Å². The number of esters is 2. The van der Waals surface area contributed by atoms with Crippen molar-refractivity contribution in [1.29, 1.82) is 0 Å². The van der Waals surface area contributed by atoms with E-state index in [0.717, 1.165) is 24.3 Å². The lowest BCUT2D eigenvalue weighted by atomic mass is 10.2. The SMILES string of the molecule is CCN1CCN(C/C=C/c2ccccc2)CC12OC(=O)C=CC(=O)O2. The highest BCUT2D eigenvalue weighted by Gasteiger charge is 2.48. The third-order valence-electron chi connectivity index (χ3n) is 4.32. The summed E-state index contributed by atoms with van der Waals surface area (Å²) in [5.41, 5.74) is 1.13. The molecule has 2 aliphatic heterocycles. The summed E-state index contributed by atoms with van der Waals surface area (Å²) in [5, 5.41) is 0. The van der Waals surface area contributed by atoms with Crippen LogP contribution in [0.3, 0.4) is 0 Å². The second-order valence-electron chi connectivity index (χ2n) is 6.02. The maximum Gasteiger partial charge on any atom is 0.335 e. The summed E-state index contributed by atoms with van der Waals surface area (Å²) >= 11 is 0. The maximum atomic E-state index is 11.9. The molecule has 1 saturated heterocycles. The zero-order valence-electron chi connectivity index (χ0n) is 14.3. The Hall–Kier alpha value is -2.44. The van der Waals surface area contributed by atoms with Gasteiger partial charge in [-0.15, -0.1) is 0 Å². The topological polar surface area (TPSA) is 59.1 Å². The molecule has 0 aliphatic carbocycles. The highest BCUT2D eigenvalue weighted by molar-refractivity contribution is 5.93. The van der Waals surface area contributed by atoms with Gasteiger partial charge in [0.25, 0.3) is 0 Å². The van der Waals surface area contributed by atoms with Crippen LogP contribution in [0.15, 0.2) is 48.6 Å². The molecule has 0 amide bonds. The predicted molar refractivity (Wildman–Crippen MR) is 93.2 cm³/mol. The van der Waals surface area contributed by atoms with E-state index in [1.807, 2.05) is 48.2 Å². The summed E-state index contributed by atoms with van der Waals surface area (Å²) in [6.07, 6.45) is 6.33. The highest BCUT2D eigenvalue weighted by atomic mass is 16.8. The van der Waals surface area contributed by atoms with Crippen molar-refractivity contribution in [3.05, 3.63) is 54.1 Å². The Labute approximate surface area is 147 Å². The van der Waals surface area contributed by atoms with E-state index in [1.165, 1.54) is 0 Å². The van der Waals surface area contributed by atoms with Gasteiger partial charge in [-0.05, 0) is 5.56 Å². The number of hydrogen-bond donors (Lipinski definition) is 0. The van der Waals surface area contributed by atoms with Crippen LogP contribution in [-0.2, 0) is 19.1 Å². The summed E-state index contributed by atoms with van der Waals surface area (Å²) in [7, 11) is 0. The molecule has 1 aromatic carbocycles. The molecule has 0 bridgehead atoms. The van der Waals surface area contributed by atoms with Gasteiger partial charge in [0.1, 0.15) is 0 Å². The van der Waals surface area contributed by atoms with Crippen molar-refractivity contribution in [2.75, 3.05) is 32.7 Å². The molecule has 0 atom stereocenters. The molecule has 0 saturated carbocycles. The first kappa shape index (κ1) is 17.4. The zero-order valence-corrected chi connectivity index (χ0v) is 14.3. The fourth-order valence-electron chi connectivity index (χ4n) is 3.08. The molecule has 0 N–H and O–H groups in total. The van der Waals surface area contributed by atoms with Crippen LogP contribution in [0.25, 0.3) is 6.08 Å². The van der Waals surface area contributed by atoms with Crippen LogP contribution in [0.5, 0.6) is 0 Å². The Morgan fingerprint density at radius 3 is 2.40 bits per heavy atom. The minimum absolute atomic E-state index is 0.319. The fraction of sp³-hybridized carbons (Fsp3) is 0.368. The number of likely N-dealkylation sites (N-methyl/N-ethyl adjacent to an activating group) is 1. The first-order valence-corrected chi connectivity index (χ1v) is 8.44. The third-order valence-corrected chi connectivity index (χ3v) is 4.32. The molecule has 0 unspecified atom stereocenters.